The Morgan fingerprint density at radius 1 is 1.16 bits per heavy atom. The van der Waals surface area contributed by atoms with Gasteiger partial charge >= 0.3 is 0 Å². The van der Waals surface area contributed by atoms with Gasteiger partial charge in [-0.3, -0.25) is 9.59 Å². The molecule has 1 aliphatic heterocycles. The van der Waals surface area contributed by atoms with E-state index in [2.05, 4.69) is 15.3 Å². The SMILES string of the molecule is COC1CCC2(C1)Nc1c(cnc3[nH]cc(C(=O)c4ccc(Oc5ccccc5)cc4Cl)c13)N(C)C2=O. The molecule has 4 aromatic rings. The highest BCUT2D eigenvalue weighted by atomic mass is 35.5. The average molecular weight is 517 g/mol. The van der Waals surface area contributed by atoms with Crippen LogP contribution in [0.4, 0.5) is 11.4 Å². The predicted octanol–water partition coefficient (Wildman–Crippen LogP) is 5.57. The van der Waals surface area contributed by atoms with Gasteiger partial charge in [0.2, 0.25) is 0 Å². The van der Waals surface area contributed by atoms with Crippen LogP contribution >= 0.6 is 11.6 Å². The maximum atomic E-state index is 13.8. The molecule has 2 atom stereocenters. The van der Waals surface area contributed by atoms with Gasteiger partial charge in [0.25, 0.3) is 5.91 Å². The second-order valence-corrected chi connectivity index (χ2v) is 9.91. The normalized spacial score (nSPS) is 20.8. The summed E-state index contributed by atoms with van der Waals surface area (Å²) in [5.74, 6) is 0.923. The molecule has 37 heavy (non-hydrogen) atoms. The maximum Gasteiger partial charge on any atom is 0.252 e. The number of amides is 1. The number of aromatic amines is 1. The van der Waals surface area contributed by atoms with Gasteiger partial charge in [-0.1, -0.05) is 29.8 Å². The summed E-state index contributed by atoms with van der Waals surface area (Å²) in [6.07, 6.45) is 5.25. The average Bonchev–Trinajstić information content (AvgIpc) is 3.53. The molecule has 0 radical (unpaired) electrons. The van der Waals surface area contributed by atoms with E-state index in [0.717, 1.165) is 6.42 Å². The van der Waals surface area contributed by atoms with Crippen LogP contribution in [0.15, 0.2) is 60.9 Å². The Kier molecular flexibility index (Phi) is 5.66. The number of para-hydroxylation sites is 1. The van der Waals surface area contributed by atoms with E-state index in [-0.39, 0.29) is 22.8 Å². The van der Waals surface area contributed by atoms with Gasteiger partial charge in [0, 0.05) is 38.4 Å². The molecule has 0 saturated heterocycles. The van der Waals surface area contributed by atoms with Crippen molar-refractivity contribution < 1.29 is 19.1 Å². The van der Waals surface area contributed by atoms with Gasteiger partial charge in [0.15, 0.2) is 5.78 Å². The van der Waals surface area contributed by atoms with Crippen LogP contribution in [0.2, 0.25) is 5.02 Å². The number of ether oxygens (including phenoxy) is 2. The molecule has 2 aromatic heterocycles. The Balaban J connectivity index is 1.39. The highest BCUT2D eigenvalue weighted by Crippen LogP contribution is 2.46. The van der Waals surface area contributed by atoms with Gasteiger partial charge in [-0.2, -0.15) is 0 Å². The van der Waals surface area contributed by atoms with E-state index in [0.29, 0.717) is 57.9 Å². The van der Waals surface area contributed by atoms with E-state index in [1.807, 2.05) is 30.3 Å². The van der Waals surface area contributed by atoms with Gasteiger partial charge in [-0.25, -0.2) is 4.98 Å². The number of aromatic nitrogens is 2. The first kappa shape index (κ1) is 23.5. The summed E-state index contributed by atoms with van der Waals surface area (Å²) in [6, 6.07) is 14.4. The first-order chi connectivity index (χ1) is 17.9. The molecule has 1 aliphatic carbocycles. The van der Waals surface area contributed by atoms with Gasteiger partial charge in [0.05, 0.1) is 39.6 Å². The Morgan fingerprint density at radius 2 is 1.97 bits per heavy atom. The summed E-state index contributed by atoms with van der Waals surface area (Å²) in [4.78, 5) is 36.3. The Hall–Kier alpha value is -3.88. The zero-order chi connectivity index (χ0) is 25.7. The second-order valence-electron chi connectivity index (χ2n) is 9.50. The number of halogens is 1. The number of rotatable bonds is 5. The van der Waals surface area contributed by atoms with E-state index in [4.69, 9.17) is 21.1 Å². The fraction of sp³-hybridized carbons (Fsp3) is 0.250. The number of ketones is 1. The van der Waals surface area contributed by atoms with Crippen molar-refractivity contribution in [1.82, 2.24) is 9.97 Å². The minimum atomic E-state index is -0.789. The lowest BCUT2D eigenvalue weighted by molar-refractivity contribution is -0.123. The number of hydrogen-bond acceptors (Lipinski definition) is 6. The van der Waals surface area contributed by atoms with Crippen LogP contribution in [0.3, 0.4) is 0 Å². The maximum absolute atomic E-state index is 13.8. The Morgan fingerprint density at radius 3 is 2.70 bits per heavy atom. The number of carbonyl (C=O) groups excluding carboxylic acids is 2. The number of fused-ring (bicyclic) bond motifs is 3. The van der Waals surface area contributed by atoms with E-state index in [1.54, 1.807) is 49.7 Å². The molecule has 2 unspecified atom stereocenters. The third kappa shape index (κ3) is 3.84. The zero-order valence-electron chi connectivity index (χ0n) is 20.4. The van der Waals surface area contributed by atoms with Crippen LogP contribution in [0.5, 0.6) is 11.5 Å². The molecule has 0 bridgehead atoms. The topological polar surface area (TPSA) is 96.5 Å². The van der Waals surface area contributed by atoms with Crippen molar-refractivity contribution >= 4 is 45.7 Å². The number of H-pyrrole nitrogens is 1. The molecule has 3 heterocycles. The summed E-state index contributed by atoms with van der Waals surface area (Å²) < 4.78 is 11.4. The molecule has 2 aliphatic rings. The summed E-state index contributed by atoms with van der Waals surface area (Å²) in [5, 5.41) is 4.41. The molecule has 1 spiro atoms. The van der Waals surface area contributed by atoms with E-state index in [9.17, 15) is 9.59 Å². The molecule has 1 amide bonds. The van der Waals surface area contributed by atoms with Crippen LogP contribution in [-0.2, 0) is 9.53 Å². The third-order valence-electron chi connectivity index (χ3n) is 7.33. The van der Waals surface area contributed by atoms with Crippen LogP contribution in [0, 0.1) is 0 Å². The summed E-state index contributed by atoms with van der Waals surface area (Å²) in [6.45, 7) is 0. The monoisotopic (exact) mass is 516 g/mol. The molecule has 1 fully saturated rings. The van der Waals surface area contributed by atoms with Gasteiger partial charge in [-0.05, 0) is 37.1 Å². The zero-order valence-corrected chi connectivity index (χ0v) is 21.1. The number of likely N-dealkylation sites (N-methyl/N-ethyl adjacent to an activating group) is 1. The predicted molar refractivity (Wildman–Crippen MR) is 142 cm³/mol. The lowest BCUT2D eigenvalue weighted by Gasteiger charge is -2.40. The van der Waals surface area contributed by atoms with Gasteiger partial charge < -0.3 is 24.7 Å². The number of nitrogens with one attached hydrogen (secondary N) is 2. The summed E-state index contributed by atoms with van der Waals surface area (Å²) in [5.41, 5.74) is 1.85. The lowest BCUT2D eigenvalue weighted by Crippen LogP contribution is -2.55. The van der Waals surface area contributed by atoms with Crippen molar-refractivity contribution in [1.29, 1.82) is 0 Å². The van der Waals surface area contributed by atoms with Crippen molar-refractivity contribution in [2.75, 3.05) is 24.4 Å². The number of nitrogens with zero attached hydrogens (tertiary/aromatic N) is 2. The van der Waals surface area contributed by atoms with Crippen LogP contribution in [0.1, 0.15) is 35.2 Å². The Labute approximate surface area is 218 Å². The second kappa shape index (κ2) is 8.90. The highest BCUT2D eigenvalue weighted by molar-refractivity contribution is 6.36. The van der Waals surface area contributed by atoms with Crippen molar-refractivity contribution in [2.24, 2.45) is 0 Å². The van der Waals surface area contributed by atoms with Crippen molar-refractivity contribution in [3.63, 3.8) is 0 Å². The highest BCUT2D eigenvalue weighted by Gasteiger charge is 2.50. The molecule has 8 nitrogen and oxygen atoms in total. The van der Waals surface area contributed by atoms with Crippen LogP contribution in [0.25, 0.3) is 11.0 Å². The molecule has 188 valence electrons. The van der Waals surface area contributed by atoms with Crippen molar-refractivity contribution in [3.05, 3.63) is 77.1 Å². The number of benzene rings is 2. The summed E-state index contributed by atoms with van der Waals surface area (Å²) in [7, 11) is 3.41. The van der Waals surface area contributed by atoms with Gasteiger partial charge in [0.1, 0.15) is 22.7 Å². The molecule has 9 heteroatoms. The van der Waals surface area contributed by atoms with Crippen LogP contribution < -0.4 is 15.0 Å². The quantitative estimate of drug-likeness (QED) is 0.337. The number of hydrogen-bond donors (Lipinski definition) is 2. The largest absolute Gasteiger partial charge is 0.457 e. The first-order valence-electron chi connectivity index (χ1n) is 12.1. The standard InChI is InChI=1S/C28H25ClN4O4/c1-33-22-15-31-26-23(24(22)32-28(27(33)35)11-10-18(13-28)36-2)20(14-30-26)25(34)19-9-8-17(12-21(19)29)37-16-6-4-3-5-7-16/h3-9,12,14-15,18,32H,10-11,13H2,1-2H3,(H,30,31). The first-order valence-corrected chi connectivity index (χ1v) is 12.4. The number of methoxy groups -OCH3 is 1. The van der Waals surface area contributed by atoms with Crippen molar-refractivity contribution in [2.45, 2.75) is 30.9 Å². The third-order valence-corrected chi connectivity index (χ3v) is 7.65. The smallest absolute Gasteiger partial charge is 0.252 e. The van der Waals surface area contributed by atoms with E-state index in [1.165, 1.54) is 0 Å². The molecule has 2 N–H and O–H groups in total. The number of anilines is 2. The number of pyridine rings is 1. The fourth-order valence-electron chi connectivity index (χ4n) is 5.39. The molecule has 6 rings (SSSR count). The summed E-state index contributed by atoms with van der Waals surface area (Å²) >= 11 is 6.57. The lowest BCUT2D eigenvalue weighted by atomic mass is 9.91. The molecule has 2 aromatic carbocycles. The van der Waals surface area contributed by atoms with Crippen molar-refractivity contribution in [3.8, 4) is 11.5 Å². The van der Waals surface area contributed by atoms with Crippen LogP contribution in [-0.4, -0.2) is 47.5 Å². The minimum Gasteiger partial charge on any atom is -0.457 e. The number of carbonyl (C=O) groups is 2. The Bertz CT molecular complexity index is 1540. The molecule has 1 saturated carbocycles. The molecular formula is C28H25ClN4O4. The molecular weight excluding hydrogens is 492 g/mol. The fourth-order valence-corrected chi connectivity index (χ4v) is 5.65. The van der Waals surface area contributed by atoms with E-state index < -0.39 is 5.54 Å². The van der Waals surface area contributed by atoms with E-state index >= 15 is 0 Å². The van der Waals surface area contributed by atoms with Gasteiger partial charge in [-0.15, -0.1) is 0 Å². The minimum absolute atomic E-state index is 0.00789.